The maximum Gasteiger partial charge on any atom is 0.248 e. The summed E-state index contributed by atoms with van der Waals surface area (Å²) in [6.45, 7) is 8.49. The van der Waals surface area contributed by atoms with Crippen LogP contribution in [-0.4, -0.2) is 57.9 Å². The van der Waals surface area contributed by atoms with E-state index in [1.54, 1.807) is 12.3 Å². The second kappa shape index (κ2) is 18.5. The molecule has 9 nitrogen and oxygen atoms in total. The van der Waals surface area contributed by atoms with Crippen LogP contribution in [0.5, 0.6) is 0 Å². The quantitative estimate of drug-likeness (QED) is 0.164. The molecule has 3 aromatic rings. The number of nitrogens with zero attached hydrogens (tertiary/aromatic N) is 3. The van der Waals surface area contributed by atoms with Crippen LogP contribution in [0.2, 0.25) is 0 Å². The number of amides is 2. The van der Waals surface area contributed by atoms with Gasteiger partial charge in [0.1, 0.15) is 29.3 Å². The molecule has 2 amide bonds. The Morgan fingerprint density at radius 3 is 2.25 bits per heavy atom. The van der Waals surface area contributed by atoms with Crippen LogP contribution in [0.4, 0.5) is 20.4 Å². The van der Waals surface area contributed by atoms with Crippen molar-refractivity contribution in [3.8, 4) is 0 Å². The molecule has 0 radical (unpaired) electrons. The van der Waals surface area contributed by atoms with Gasteiger partial charge in [-0.2, -0.15) is 0 Å². The predicted molar refractivity (Wildman–Crippen MR) is 186 cm³/mol. The van der Waals surface area contributed by atoms with Gasteiger partial charge in [-0.05, 0) is 113 Å². The largest absolute Gasteiger partial charge is 0.384 e. The number of carbonyl (C=O) groups is 2. The lowest BCUT2D eigenvalue weighted by atomic mass is 9.92. The number of aromatic nitrogens is 2. The van der Waals surface area contributed by atoms with E-state index in [2.05, 4.69) is 50.7 Å². The molecular weight excluding hydrogens is 612 g/mol. The molecule has 3 unspecified atom stereocenters. The summed E-state index contributed by atoms with van der Waals surface area (Å²) >= 11 is 0. The number of anilines is 2. The third kappa shape index (κ3) is 11.9. The Labute approximate surface area is 283 Å². The minimum atomic E-state index is -0.768. The van der Waals surface area contributed by atoms with Gasteiger partial charge in [-0.15, -0.1) is 0 Å². The van der Waals surface area contributed by atoms with Crippen LogP contribution in [0.25, 0.3) is 0 Å². The number of rotatable bonds is 14. The fourth-order valence-electron chi connectivity index (χ4n) is 6.01. The molecule has 3 atom stereocenters. The Kier molecular flexibility index (Phi) is 14.2. The predicted octanol–water partition coefficient (Wildman–Crippen LogP) is 6.11. The lowest BCUT2D eigenvalue weighted by molar-refractivity contribution is -0.126. The monoisotopic (exact) mass is 663 g/mol. The SMILES string of the molecule is CC(CCc1ccc(N)nc1)NC1CCC1.CCCC(NC(=O)Cc1cc(F)cc(F)c1)C(=O)Nc1ccc(C(C)N2CCCC2)cn1. The number of aryl methyl sites for hydroxylation is 1. The van der Waals surface area contributed by atoms with E-state index in [1.165, 1.54) is 44.1 Å². The van der Waals surface area contributed by atoms with E-state index < -0.39 is 23.6 Å². The molecule has 1 aliphatic heterocycles. The molecule has 5 rings (SSSR count). The summed E-state index contributed by atoms with van der Waals surface area (Å²) < 4.78 is 26.7. The summed E-state index contributed by atoms with van der Waals surface area (Å²) in [7, 11) is 0. The highest BCUT2D eigenvalue weighted by Gasteiger charge is 2.23. The minimum Gasteiger partial charge on any atom is -0.384 e. The summed E-state index contributed by atoms with van der Waals surface area (Å²) in [5.74, 6) is -1.34. The van der Waals surface area contributed by atoms with E-state index in [-0.39, 0.29) is 23.9 Å². The number of hydrogen-bond acceptors (Lipinski definition) is 7. The summed E-state index contributed by atoms with van der Waals surface area (Å²) in [6.07, 6.45) is 13.3. The van der Waals surface area contributed by atoms with Crippen molar-refractivity contribution in [2.75, 3.05) is 24.1 Å². The molecule has 1 aromatic carbocycles. The summed E-state index contributed by atoms with van der Waals surface area (Å²) in [6, 6.07) is 11.5. The van der Waals surface area contributed by atoms with Crippen molar-refractivity contribution >= 4 is 23.5 Å². The average molecular weight is 664 g/mol. The first kappa shape index (κ1) is 36.9. The molecule has 3 heterocycles. The van der Waals surface area contributed by atoms with Crippen molar-refractivity contribution < 1.29 is 18.4 Å². The van der Waals surface area contributed by atoms with Crippen LogP contribution >= 0.6 is 0 Å². The van der Waals surface area contributed by atoms with Crippen molar-refractivity contribution in [1.29, 1.82) is 0 Å². The fourth-order valence-corrected chi connectivity index (χ4v) is 6.01. The number of halogens is 2. The van der Waals surface area contributed by atoms with Gasteiger partial charge in [0.15, 0.2) is 0 Å². The fraction of sp³-hybridized carbons (Fsp3) is 0.514. The van der Waals surface area contributed by atoms with Crippen molar-refractivity contribution in [1.82, 2.24) is 25.5 Å². The zero-order valence-corrected chi connectivity index (χ0v) is 28.5. The Bertz CT molecular complexity index is 1420. The average Bonchev–Trinajstić information content (AvgIpc) is 3.57. The Balaban J connectivity index is 0.000000271. The van der Waals surface area contributed by atoms with Crippen LogP contribution in [-0.2, 0) is 22.4 Å². The minimum absolute atomic E-state index is 0.208. The van der Waals surface area contributed by atoms with E-state index >= 15 is 0 Å². The maximum absolute atomic E-state index is 13.4. The third-order valence-corrected chi connectivity index (χ3v) is 9.06. The van der Waals surface area contributed by atoms with Gasteiger partial charge in [0.2, 0.25) is 11.8 Å². The number of carbonyl (C=O) groups excluding carboxylic acids is 2. The molecular formula is C37H51F2N7O2. The van der Waals surface area contributed by atoms with Crippen molar-refractivity contribution in [3.05, 3.63) is 83.2 Å². The van der Waals surface area contributed by atoms with Gasteiger partial charge < -0.3 is 21.7 Å². The van der Waals surface area contributed by atoms with Gasteiger partial charge in [0.05, 0.1) is 6.42 Å². The van der Waals surface area contributed by atoms with Gasteiger partial charge in [-0.1, -0.05) is 31.9 Å². The lowest BCUT2D eigenvalue weighted by Gasteiger charge is -2.30. The highest BCUT2D eigenvalue weighted by atomic mass is 19.1. The Morgan fingerprint density at radius 1 is 0.938 bits per heavy atom. The van der Waals surface area contributed by atoms with Crippen molar-refractivity contribution in [2.45, 2.75) is 109 Å². The normalized spacial score (nSPS) is 16.6. The first-order chi connectivity index (χ1) is 23.1. The number of nitrogens with two attached hydrogens (primary N) is 1. The zero-order valence-electron chi connectivity index (χ0n) is 28.5. The number of benzene rings is 1. The molecule has 1 saturated heterocycles. The van der Waals surface area contributed by atoms with Crippen LogP contribution in [0.15, 0.2) is 54.9 Å². The van der Waals surface area contributed by atoms with Gasteiger partial charge in [0, 0.05) is 36.6 Å². The molecule has 2 fully saturated rings. The van der Waals surface area contributed by atoms with Gasteiger partial charge in [-0.3, -0.25) is 14.5 Å². The number of pyridine rings is 2. The van der Waals surface area contributed by atoms with Gasteiger partial charge >= 0.3 is 0 Å². The van der Waals surface area contributed by atoms with Crippen molar-refractivity contribution in [3.63, 3.8) is 0 Å². The standard InChI is InChI=1S/C24H30F2N4O2.C13H21N3/c1-3-6-21(28-23(31)13-17-11-19(25)14-20(26)12-17)24(32)29-22-8-7-18(15-27-22)16(2)30-9-4-5-10-30;1-10(16-12-3-2-4-12)5-6-11-7-8-13(14)15-9-11/h7-8,11-12,14-16,21H,3-6,9-10,13H2,1-2H3,(H,28,31)(H,27,29,32);7-10,12,16H,2-6H2,1H3,(H2,14,15). The lowest BCUT2D eigenvalue weighted by Crippen LogP contribution is -2.44. The Hall–Kier alpha value is -3.96. The molecule has 11 heteroatoms. The molecule has 2 aliphatic rings. The van der Waals surface area contributed by atoms with Crippen LogP contribution in [0, 0.1) is 11.6 Å². The zero-order chi connectivity index (χ0) is 34.5. The van der Waals surface area contributed by atoms with Gasteiger partial charge in [-0.25, -0.2) is 18.7 Å². The third-order valence-electron chi connectivity index (χ3n) is 9.06. The Morgan fingerprint density at radius 2 is 1.67 bits per heavy atom. The van der Waals surface area contributed by atoms with E-state index in [1.807, 2.05) is 25.3 Å². The number of nitrogens with one attached hydrogen (secondary N) is 3. The summed E-state index contributed by atoms with van der Waals surface area (Å²) in [4.78, 5) is 36.0. The molecule has 5 N–H and O–H groups in total. The molecule has 1 saturated carbocycles. The topological polar surface area (TPSA) is 125 Å². The molecule has 2 aromatic heterocycles. The molecule has 0 bridgehead atoms. The number of nitrogen functional groups attached to an aromatic ring is 1. The van der Waals surface area contributed by atoms with E-state index in [4.69, 9.17) is 5.73 Å². The van der Waals surface area contributed by atoms with E-state index in [9.17, 15) is 18.4 Å². The second-order valence-electron chi connectivity index (χ2n) is 13.1. The molecule has 260 valence electrons. The number of hydrogen-bond donors (Lipinski definition) is 4. The highest BCUT2D eigenvalue weighted by molar-refractivity contribution is 5.96. The van der Waals surface area contributed by atoms with Crippen LogP contribution in [0.1, 0.15) is 94.9 Å². The smallest absolute Gasteiger partial charge is 0.248 e. The highest BCUT2D eigenvalue weighted by Crippen LogP contribution is 2.24. The van der Waals surface area contributed by atoms with Crippen LogP contribution < -0.4 is 21.7 Å². The molecule has 1 aliphatic carbocycles. The summed E-state index contributed by atoms with van der Waals surface area (Å²) in [5.41, 5.74) is 8.12. The first-order valence-electron chi connectivity index (χ1n) is 17.3. The first-order valence-corrected chi connectivity index (χ1v) is 17.3. The van der Waals surface area contributed by atoms with Crippen LogP contribution in [0.3, 0.4) is 0 Å². The molecule has 48 heavy (non-hydrogen) atoms. The second-order valence-corrected chi connectivity index (χ2v) is 13.1. The molecule has 0 spiro atoms. The van der Waals surface area contributed by atoms with E-state index in [0.717, 1.165) is 49.3 Å². The number of likely N-dealkylation sites (tertiary alicyclic amines) is 1. The maximum atomic E-state index is 13.4. The van der Waals surface area contributed by atoms with E-state index in [0.29, 0.717) is 30.5 Å². The summed E-state index contributed by atoms with van der Waals surface area (Å²) in [5, 5.41) is 9.07. The van der Waals surface area contributed by atoms with Gasteiger partial charge in [0.25, 0.3) is 0 Å². The van der Waals surface area contributed by atoms with Crippen molar-refractivity contribution in [2.24, 2.45) is 0 Å².